The highest BCUT2D eigenvalue weighted by atomic mass is 19.4. The molecule has 4 aromatic rings. The van der Waals surface area contributed by atoms with Gasteiger partial charge < -0.3 is 5.32 Å². The van der Waals surface area contributed by atoms with Crippen LogP contribution in [0.4, 0.5) is 18.9 Å². The number of alkyl halides is 3. The Morgan fingerprint density at radius 1 is 1.07 bits per heavy atom. The number of carbonyl (C=O) groups excluding carboxylic acids is 1. The zero-order valence-electron chi connectivity index (χ0n) is 14.0. The molecule has 10 heteroatoms. The van der Waals surface area contributed by atoms with E-state index in [-0.39, 0.29) is 11.4 Å². The number of anilines is 1. The minimum absolute atomic E-state index is 0.0473. The van der Waals surface area contributed by atoms with Gasteiger partial charge in [-0.05, 0) is 29.8 Å². The van der Waals surface area contributed by atoms with Gasteiger partial charge in [0, 0.05) is 23.3 Å². The quantitative estimate of drug-likeness (QED) is 0.562. The van der Waals surface area contributed by atoms with E-state index in [2.05, 4.69) is 30.7 Å². The molecule has 4 rings (SSSR count). The van der Waals surface area contributed by atoms with E-state index < -0.39 is 17.8 Å². The number of nitrogens with one attached hydrogen (secondary N) is 2. The number of hydrogen-bond acceptors (Lipinski definition) is 5. The number of carbonyl (C=O) groups is 1. The lowest BCUT2D eigenvalue weighted by Crippen LogP contribution is -2.15. The maximum atomic E-state index is 12.8. The molecule has 3 aromatic heterocycles. The van der Waals surface area contributed by atoms with Gasteiger partial charge in [-0.1, -0.05) is 12.1 Å². The van der Waals surface area contributed by atoms with Crippen LogP contribution >= 0.6 is 0 Å². The molecule has 0 spiro atoms. The number of benzene rings is 1. The van der Waals surface area contributed by atoms with Crippen LogP contribution in [0.1, 0.15) is 16.2 Å². The number of pyridine rings is 1. The van der Waals surface area contributed by atoms with Crippen molar-refractivity contribution in [2.24, 2.45) is 0 Å². The lowest BCUT2D eigenvalue weighted by Gasteiger charge is -2.07. The van der Waals surface area contributed by atoms with Crippen LogP contribution in [0.15, 0.2) is 55.0 Å². The number of rotatable bonds is 3. The minimum atomic E-state index is -4.66. The van der Waals surface area contributed by atoms with Crippen LogP contribution in [0.5, 0.6) is 0 Å². The Balaban J connectivity index is 1.66. The summed E-state index contributed by atoms with van der Waals surface area (Å²) in [6.45, 7) is 0. The number of nitrogens with zero attached hydrogens (tertiary/aromatic N) is 4. The summed E-state index contributed by atoms with van der Waals surface area (Å²) >= 11 is 0. The largest absolute Gasteiger partial charge is 0.435 e. The van der Waals surface area contributed by atoms with Crippen molar-refractivity contribution in [1.29, 1.82) is 0 Å². The van der Waals surface area contributed by atoms with Crippen LogP contribution in [-0.4, -0.2) is 31.3 Å². The van der Waals surface area contributed by atoms with Crippen molar-refractivity contribution in [2.45, 2.75) is 6.18 Å². The first-order valence-electron chi connectivity index (χ1n) is 8.01. The van der Waals surface area contributed by atoms with Crippen LogP contribution in [-0.2, 0) is 6.18 Å². The normalized spacial score (nSPS) is 11.5. The zero-order chi connectivity index (χ0) is 19.7. The van der Waals surface area contributed by atoms with Crippen molar-refractivity contribution in [2.75, 3.05) is 5.32 Å². The minimum Gasteiger partial charge on any atom is -0.319 e. The van der Waals surface area contributed by atoms with Crippen molar-refractivity contribution >= 4 is 22.5 Å². The van der Waals surface area contributed by atoms with Gasteiger partial charge in [-0.3, -0.25) is 14.9 Å². The van der Waals surface area contributed by atoms with E-state index in [4.69, 9.17) is 0 Å². The summed E-state index contributed by atoms with van der Waals surface area (Å²) < 4.78 is 38.3. The molecule has 2 N–H and O–H groups in total. The van der Waals surface area contributed by atoms with Gasteiger partial charge in [-0.25, -0.2) is 0 Å². The van der Waals surface area contributed by atoms with Gasteiger partial charge in [0.15, 0.2) is 11.4 Å². The van der Waals surface area contributed by atoms with Crippen molar-refractivity contribution in [3.8, 4) is 11.1 Å². The third-order valence-electron chi connectivity index (χ3n) is 3.98. The average Bonchev–Trinajstić information content (AvgIpc) is 3.11. The van der Waals surface area contributed by atoms with Gasteiger partial charge >= 0.3 is 6.18 Å². The molecule has 0 saturated heterocycles. The molecule has 0 aliphatic rings. The number of H-pyrrole nitrogens is 1. The number of amides is 1. The fourth-order valence-corrected chi connectivity index (χ4v) is 2.66. The number of hydrogen-bond donors (Lipinski definition) is 2. The Kier molecular flexibility index (Phi) is 4.22. The molecule has 0 bridgehead atoms. The molecule has 0 aliphatic heterocycles. The smallest absolute Gasteiger partial charge is 0.319 e. The lowest BCUT2D eigenvalue weighted by molar-refractivity contribution is -0.141. The predicted molar refractivity (Wildman–Crippen MR) is 94.3 cm³/mol. The molecule has 0 radical (unpaired) electrons. The van der Waals surface area contributed by atoms with Gasteiger partial charge in [0.25, 0.3) is 5.91 Å². The summed E-state index contributed by atoms with van der Waals surface area (Å²) in [6, 6.07) is 9.74. The Morgan fingerprint density at radius 2 is 1.93 bits per heavy atom. The molecule has 1 aromatic carbocycles. The zero-order valence-corrected chi connectivity index (χ0v) is 14.0. The third kappa shape index (κ3) is 3.39. The van der Waals surface area contributed by atoms with Crippen LogP contribution in [0.3, 0.4) is 0 Å². The first-order chi connectivity index (χ1) is 13.4. The highest BCUT2D eigenvalue weighted by Gasteiger charge is 2.33. The Bertz CT molecular complexity index is 1160. The van der Waals surface area contributed by atoms with Crippen LogP contribution in [0.25, 0.3) is 22.0 Å². The number of aromatic nitrogens is 5. The van der Waals surface area contributed by atoms with Crippen LogP contribution < -0.4 is 5.32 Å². The van der Waals surface area contributed by atoms with Crippen molar-refractivity contribution < 1.29 is 18.0 Å². The average molecular weight is 384 g/mol. The van der Waals surface area contributed by atoms with Gasteiger partial charge in [0.2, 0.25) is 0 Å². The maximum absolute atomic E-state index is 12.8. The molecular formula is C18H11F3N6O. The second-order valence-electron chi connectivity index (χ2n) is 5.86. The predicted octanol–water partition coefficient (Wildman–Crippen LogP) is 3.69. The fourth-order valence-electron chi connectivity index (χ4n) is 2.66. The fraction of sp³-hybridized carbons (Fsp3) is 0.0556. The standard InChI is InChI=1S/C18H11F3N6O/c19-18(20,21)15-7-12(9-23-26-15)24-17(28)16-13-6-10(3-4-14(13)25-27-16)11-2-1-5-22-8-11/h1-9H,(H,25,27)(H,24,26,28). The first-order valence-corrected chi connectivity index (χ1v) is 8.01. The lowest BCUT2D eigenvalue weighted by atomic mass is 10.0. The van der Waals surface area contributed by atoms with Crippen LogP contribution in [0, 0.1) is 0 Å². The molecule has 0 aliphatic carbocycles. The summed E-state index contributed by atoms with van der Waals surface area (Å²) in [5.41, 5.74) is 1.00. The van der Waals surface area contributed by atoms with Crippen LogP contribution in [0.2, 0.25) is 0 Å². The summed E-state index contributed by atoms with van der Waals surface area (Å²) in [5.74, 6) is -0.671. The van der Waals surface area contributed by atoms with E-state index in [9.17, 15) is 18.0 Å². The molecule has 3 heterocycles. The highest BCUT2D eigenvalue weighted by Crippen LogP contribution is 2.29. The van der Waals surface area contributed by atoms with Gasteiger partial charge in [0.1, 0.15) is 0 Å². The van der Waals surface area contributed by atoms with Crippen molar-refractivity contribution in [3.63, 3.8) is 0 Å². The molecule has 28 heavy (non-hydrogen) atoms. The molecule has 0 saturated carbocycles. The molecule has 140 valence electrons. The Hall–Kier alpha value is -3.82. The Labute approximate surface area is 155 Å². The van der Waals surface area contributed by atoms with Crippen molar-refractivity contribution in [3.05, 3.63) is 66.4 Å². The topological polar surface area (TPSA) is 96.5 Å². The van der Waals surface area contributed by atoms with E-state index in [0.717, 1.165) is 17.3 Å². The van der Waals surface area contributed by atoms with Gasteiger partial charge in [-0.2, -0.15) is 23.4 Å². The van der Waals surface area contributed by atoms with E-state index in [1.807, 2.05) is 12.1 Å². The van der Waals surface area contributed by atoms with Gasteiger partial charge in [0.05, 0.1) is 17.4 Å². The van der Waals surface area contributed by atoms with E-state index >= 15 is 0 Å². The monoisotopic (exact) mass is 384 g/mol. The summed E-state index contributed by atoms with van der Waals surface area (Å²) in [6.07, 6.45) is -0.298. The highest BCUT2D eigenvalue weighted by molar-refractivity contribution is 6.11. The number of halogens is 3. The van der Waals surface area contributed by atoms with Crippen molar-refractivity contribution in [1.82, 2.24) is 25.4 Å². The molecule has 0 unspecified atom stereocenters. The second-order valence-corrected chi connectivity index (χ2v) is 5.86. The maximum Gasteiger partial charge on any atom is 0.435 e. The Morgan fingerprint density at radius 3 is 2.68 bits per heavy atom. The van der Waals surface area contributed by atoms with E-state index in [0.29, 0.717) is 17.0 Å². The first kappa shape index (κ1) is 17.6. The molecular weight excluding hydrogens is 373 g/mol. The van der Waals surface area contributed by atoms with Gasteiger partial charge in [-0.15, -0.1) is 5.10 Å². The van der Waals surface area contributed by atoms with E-state index in [1.54, 1.807) is 30.6 Å². The molecule has 0 fully saturated rings. The molecule has 1 amide bonds. The van der Waals surface area contributed by atoms with E-state index in [1.165, 1.54) is 0 Å². The summed E-state index contributed by atoms with van der Waals surface area (Å²) in [5, 5.41) is 15.9. The summed E-state index contributed by atoms with van der Waals surface area (Å²) in [7, 11) is 0. The number of aromatic amines is 1. The SMILES string of the molecule is O=C(Nc1cnnc(C(F)(F)F)c1)c1n[nH]c2ccc(-c3cccnc3)cc12. The third-order valence-corrected chi connectivity index (χ3v) is 3.98. The molecule has 7 nitrogen and oxygen atoms in total. The number of fused-ring (bicyclic) bond motifs is 1. The summed E-state index contributed by atoms with van der Waals surface area (Å²) in [4.78, 5) is 16.6. The second kappa shape index (κ2) is 6.72. The molecule has 0 atom stereocenters.